The fourth-order valence-electron chi connectivity index (χ4n) is 0. The van der Waals surface area contributed by atoms with Gasteiger partial charge in [0.25, 0.3) is 0 Å². The van der Waals surface area contributed by atoms with E-state index in [2.05, 4.69) is 0 Å². The summed E-state index contributed by atoms with van der Waals surface area (Å²) in [5.74, 6) is 0. The minimum absolute atomic E-state index is 0. The molecule has 0 spiro atoms. The summed E-state index contributed by atoms with van der Waals surface area (Å²) in [6, 6.07) is 0. The Morgan fingerprint density at radius 2 is 1.57 bits per heavy atom. The molecule has 0 fully saturated rings. The van der Waals surface area contributed by atoms with Gasteiger partial charge < -0.3 is 5.11 Å². The van der Waals surface area contributed by atoms with Crippen LogP contribution in [-0.4, -0.2) is 30.3 Å². The van der Waals surface area contributed by atoms with E-state index in [9.17, 15) is 0 Å². The molecular formula is C4H11NNaO+. The Labute approximate surface area is 66.8 Å². The van der Waals surface area contributed by atoms with Gasteiger partial charge in [-0.3, -0.25) is 4.90 Å². The molecule has 0 aromatic heterocycles. The summed E-state index contributed by atoms with van der Waals surface area (Å²) in [6.07, 6.45) is -0.315. The zero-order valence-electron chi connectivity index (χ0n) is 5.47. The van der Waals surface area contributed by atoms with Crippen LogP contribution < -0.4 is 29.6 Å². The molecule has 0 aliphatic carbocycles. The van der Waals surface area contributed by atoms with E-state index in [1.807, 2.05) is 14.1 Å². The second-order valence-corrected chi connectivity index (χ2v) is 1.60. The van der Waals surface area contributed by atoms with Crippen molar-refractivity contribution in [3.8, 4) is 0 Å². The van der Waals surface area contributed by atoms with E-state index in [1.54, 1.807) is 11.8 Å². The number of rotatable bonds is 1. The minimum atomic E-state index is -0.315. The van der Waals surface area contributed by atoms with E-state index in [4.69, 9.17) is 5.11 Å². The molecule has 0 aliphatic heterocycles. The van der Waals surface area contributed by atoms with Gasteiger partial charge in [-0.1, -0.05) is 0 Å². The maximum absolute atomic E-state index is 8.56. The van der Waals surface area contributed by atoms with Gasteiger partial charge in [-0.2, -0.15) is 0 Å². The van der Waals surface area contributed by atoms with Crippen LogP contribution in [0.15, 0.2) is 0 Å². The van der Waals surface area contributed by atoms with E-state index in [-0.39, 0.29) is 35.8 Å². The molecule has 0 aromatic carbocycles. The Bertz CT molecular complexity index is 32.7. The van der Waals surface area contributed by atoms with Crippen molar-refractivity contribution in [1.82, 2.24) is 4.90 Å². The molecule has 1 N–H and O–H groups in total. The first-order valence-electron chi connectivity index (χ1n) is 1.99. The molecule has 2 nitrogen and oxygen atoms in total. The molecule has 0 heterocycles. The topological polar surface area (TPSA) is 23.5 Å². The van der Waals surface area contributed by atoms with E-state index in [0.717, 1.165) is 0 Å². The molecule has 0 radical (unpaired) electrons. The van der Waals surface area contributed by atoms with Crippen molar-refractivity contribution in [1.29, 1.82) is 0 Å². The van der Waals surface area contributed by atoms with E-state index < -0.39 is 0 Å². The first-order valence-corrected chi connectivity index (χ1v) is 1.99. The third-order valence-electron chi connectivity index (χ3n) is 0.747. The maximum Gasteiger partial charge on any atom is 1.00 e. The van der Waals surface area contributed by atoms with Crippen molar-refractivity contribution in [2.75, 3.05) is 14.1 Å². The van der Waals surface area contributed by atoms with E-state index in [1.165, 1.54) is 0 Å². The molecule has 0 rings (SSSR count). The summed E-state index contributed by atoms with van der Waals surface area (Å²) >= 11 is 0. The van der Waals surface area contributed by atoms with Crippen LogP contribution in [0.5, 0.6) is 0 Å². The quantitative estimate of drug-likeness (QED) is 0.287. The first-order chi connectivity index (χ1) is 2.64. The average molecular weight is 112 g/mol. The normalized spacial score (nSPS) is 13.3. The summed E-state index contributed by atoms with van der Waals surface area (Å²) in [5.41, 5.74) is 0. The molecule has 3 heteroatoms. The average Bonchev–Trinajstić information content (AvgIpc) is 1.36. The number of hydrogen-bond donors (Lipinski definition) is 1. The number of aliphatic hydroxyl groups is 1. The van der Waals surface area contributed by atoms with Crippen molar-refractivity contribution in [2.24, 2.45) is 0 Å². The van der Waals surface area contributed by atoms with E-state index in [0.29, 0.717) is 0 Å². The van der Waals surface area contributed by atoms with Crippen LogP contribution in [0.3, 0.4) is 0 Å². The van der Waals surface area contributed by atoms with Crippen LogP contribution in [0.2, 0.25) is 0 Å². The molecule has 0 amide bonds. The molecule has 1 unspecified atom stereocenters. The maximum atomic E-state index is 8.56. The third-order valence-corrected chi connectivity index (χ3v) is 0.747. The molecule has 1 atom stereocenters. The van der Waals surface area contributed by atoms with E-state index >= 15 is 0 Å². The van der Waals surface area contributed by atoms with Crippen molar-refractivity contribution in [2.45, 2.75) is 13.2 Å². The van der Waals surface area contributed by atoms with Crippen LogP contribution in [0, 0.1) is 0 Å². The van der Waals surface area contributed by atoms with Crippen LogP contribution in [0.4, 0.5) is 0 Å². The van der Waals surface area contributed by atoms with Gasteiger partial charge in [0.15, 0.2) is 0 Å². The fraction of sp³-hybridized carbons (Fsp3) is 1.00. The second-order valence-electron chi connectivity index (χ2n) is 1.60. The van der Waals surface area contributed by atoms with Gasteiger partial charge in [-0.15, -0.1) is 0 Å². The molecule has 0 bridgehead atoms. The Hall–Kier alpha value is 0.920. The second kappa shape index (κ2) is 5.06. The number of hydrogen-bond acceptors (Lipinski definition) is 2. The summed E-state index contributed by atoms with van der Waals surface area (Å²) in [6.45, 7) is 1.72. The Balaban J connectivity index is 0. The predicted octanol–water partition coefficient (Wildman–Crippen LogP) is -3.11. The summed E-state index contributed by atoms with van der Waals surface area (Å²) in [4.78, 5) is 1.72. The standard InChI is InChI=1S/C4H11NO.Na/c1-4(6)5(2)3;/h4,6H,1-3H3;/q;+1. The minimum Gasteiger partial charge on any atom is -0.379 e. The first kappa shape index (κ1) is 10.8. The van der Waals surface area contributed by atoms with Crippen LogP contribution in [-0.2, 0) is 0 Å². The third kappa shape index (κ3) is 6.92. The summed E-state index contributed by atoms with van der Waals surface area (Å²) in [5, 5.41) is 8.56. The summed E-state index contributed by atoms with van der Waals surface area (Å²) in [7, 11) is 3.65. The Morgan fingerprint density at radius 3 is 1.57 bits per heavy atom. The Kier molecular flexibility index (Phi) is 7.83. The number of aliphatic hydroxyl groups excluding tert-OH is 1. The van der Waals surface area contributed by atoms with Crippen LogP contribution in [0.25, 0.3) is 0 Å². The van der Waals surface area contributed by atoms with Gasteiger partial charge in [-0.25, -0.2) is 0 Å². The Morgan fingerprint density at radius 1 is 1.43 bits per heavy atom. The zero-order chi connectivity index (χ0) is 5.15. The van der Waals surface area contributed by atoms with Gasteiger partial charge in [0.1, 0.15) is 6.23 Å². The largest absolute Gasteiger partial charge is 1.00 e. The van der Waals surface area contributed by atoms with Crippen LogP contribution >= 0.6 is 0 Å². The molecular weight excluding hydrogens is 101 g/mol. The molecule has 38 valence electrons. The van der Waals surface area contributed by atoms with Gasteiger partial charge in [0.05, 0.1) is 0 Å². The van der Waals surface area contributed by atoms with Crippen molar-refractivity contribution in [3.63, 3.8) is 0 Å². The molecule has 0 saturated carbocycles. The monoisotopic (exact) mass is 112 g/mol. The van der Waals surface area contributed by atoms with Gasteiger partial charge in [0, 0.05) is 0 Å². The van der Waals surface area contributed by atoms with Gasteiger partial charge >= 0.3 is 29.6 Å². The van der Waals surface area contributed by atoms with Crippen molar-refractivity contribution < 1.29 is 34.7 Å². The smallest absolute Gasteiger partial charge is 0.379 e. The number of nitrogens with zero attached hydrogens (tertiary/aromatic N) is 1. The molecule has 7 heavy (non-hydrogen) atoms. The van der Waals surface area contributed by atoms with Gasteiger partial charge in [0.2, 0.25) is 0 Å². The van der Waals surface area contributed by atoms with Crippen molar-refractivity contribution >= 4 is 0 Å². The molecule has 0 aromatic rings. The molecule has 0 saturated heterocycles. The molecule has 0 aliphatic rings. The van der Waals surface area contributed by atoms with Crippen LogP contribution in [0.1, 0.15) is 6.92 Å². The predicted molar refractivity (Wildman–Crippen MR) is 25.4 cm³/mol. The fourth-order valence-corrected chi connectivity index (χ4v) is 0. The zero-order valence-corrected chi connectivity index (χ0v) is 7.47. The summed E-state index contributed by atoms with van der Waals surface area (Å²) < 4.78 is 0. The SMILES string of the molecule is CC(O)N(C)C.[Na+]. The van der Waals surface area contributed by atoms with Crippen molar-refractivity contribution in [3.05, 3.63) is 0 Å². The van der Waals surface area contributed by atoms with Gasteiger partial charge in [-0.05, 0) is 21.0 Å².